The van der Waals surface area contributed by atoms with Gasteiger partial charge in [0.25, 0.3) is 0 Å². The van der Waals surface area contributed by atoms with E-state index in [1.54, 1.807) is 0 Å². The number of ether oxygens (including phenoxy) is 1. The van der Waals surface area contributed by atoms with Gasteiger partial charge in [0, 0.05) is 12.5 Å². The number of nitrogens with one attached hydrogen (secondary N) is 1. The van der Waals surface area contributed by atoms with Crippen LogP contribution >= 0.6 is 0 Å². The molecule has 0 spiro atoms. The summed E-state index contributed by atoms with van der Waals surface area (Å²) in [7, 11) is 0. The summed E-state index contributed by atoms with van der Waals surface area (Å²) in [6, 6.07) is -0.0387. The summed E-state index contributed by atoms with van der Waals surface area (Å²) < 4.78 is 5.24. The van der Waals surface area contributed by atoms with Gasteiger partial charge in [-0.2, -0.15) is 0 Å². The third-order valence-electron chi connectivity index (χ3n) is 2.97. The highest BCUT2D eigenvalue weighted by Crippen LogP contribution is 2.20. The Kier molecular flexibility index (Phi) is 5.80. The average Bonchev–Trinajstić information content (AvgIpc) is 2.69. The fourth-order valence-electron chi connectivity index (χ4n) is 2.02. The van der Waals surface area contributed by atoms with E-state index in [0.717, 1.165) is 25.7 Å². The van der Waals surface area contributed by atoms with E-state index in [4.69, 9.17) is 9.84 Å². The van der Waals surface area contributed by atoms with Gasteiger partial charge in [-0.1, -0.05) is 0 Å². The summed E-state index contributed by atoms with van der Waals surface area (Å²) in [5, 5.41) is 11.2. The SMILES string of the molecule is CC(CCCC(=O)O)NC(=O)OC1CCCC1. The molecule has 1 aliphatic carbocycles. The van der Waals surface area contributed by atoms with Gasteiger partial charge < -0.3 is 15.2 Å². The number of hydrogen-bond acceptors (Lipinski definition) is 3. The molecular formula is C12H21NO4. The van der Waals surface area contributed by atoms with Gasteiger partial charge >= 0.3 is 12.1 Å². The topological polar surface area (TPSA) is 75.6 Å². The lowest BCUT2D eigenvalue weighted by Crippen LogP contribution is -2.35. The Bertz CT molecular complexity index is 261. The number of amides is 1. The standard InChI is InChI=1S/C12H21NO4/c1-9(5-4-8-11(14)15)13-12(16)17-10-6-2-3-7-10/h9-10H,2-8H2,1H3,(H,13,16)(H,14,15). The molecule has 1 aliphatic rings. The molecule has 1 fully saturated rings. The Morgan fingerprint density at radius 3 is 2.65 bits per heavy atom. The molecule has 1 amide bonds. The summed E-state index contributed by atoms with van der Waals surface area (Å²) in [4.78, 5) is 21.8. The molecule has 0 heterocycles. The van der Waals surface area contributed by atoms with Gasteiger partial charge in [0.05, 0.1) is 0 Å². The minimum Gasteiger partial charge on any atom is -0.481 e. The van der Waals surface area contributed by atoms with Crippen LogP contribution in [0.25, 0.3) is 0 Å². The number of carbonyl (C=O) groups excluding carboxylic acids is 1. The molecule has 0 bridgehead atoms. The van der Waals surface area contributed by atoms with Crippen molar-refractivity contribution < 1.29 is 19.4 Å². The second kappa shape index (κ2) is 7.14. The first kappa shape index (κ1) is 13.8. The lowest BCUT2D eigenvalue weighted by Gasteiger charge is -2.16. The van der Waals surface area contributed by atoms with Crippen LogP contribution in [0, 0.1) is 0 Å². The number of alkyl carbamates (subject to hydrolysis) is 1. The van der Waals surface area contributed by atoms with Crippen LogP contribution in [0.1, 0.15) is 51.9 Å². The molecule has 5 heteroatoms. The molecule has 0 radical (unpaired) electrons. The predicted molar refractivity (Wildman–Crippen MR) is 62.8 cm³/mol. The van der Waals surface area contributed by atoms with Gasteiger partial charge in [0.15, 0.2) is 0 Å². The second-order valence-electron chi connectivity index (χ2n) is 4.64. The molecule has 1 saturated carbocycles. The van der Waals surface area contributed by atoms with E-state index in [1.807, 2.05) is 6.92 Å². The fourth-order valence-corrected chi connectivity index (χ4v) is 2.02. The number of carboxylic acids is 1. The summed E-state index contributed by atoms with van der Waals surface area (Å²) >= 11 is 0. The fraction of sp³-hybridized carbons (Fsp3) is 0.833. The van der Waals surface area contributed by atoms with Crippen molar-refractivity contribution >= 4 is 12.1 Å². The van der Waals surface area contributed by atoms with Crippen LogP contribution in [-0.4, -0.2) is 29.3 Å². The maximum absolute atomic E-state index is 11.5. The summed E-state index contributed by atoms with van der Waals surface area (Å²) in [5.41, 5.74) is 0. The molecule has 2 N–H and O–H groups in total. The van der Waals surface area contributed by atoms with Crippen LogP contribution in [-0.2, 0) is 9.53 Å². The van der Waals surface area contributed by atoms with Crippen molar-refractivity contribution in [1.82, 2.24) is 5.32 Å². The molecule has 98 valence electrons. The quantitative estimate of drug-likeness (QED) is 0.750. The first-order valence-electron chi connectivity index (χ1n) is 6.27. The highest BCUT2D eigenvalue weighted by Gasteiger charge is 2.19. The highest BCUT2D eigenvalue weighted by molar-refractivity contribution is 5.68. The minimum atomic E-state index is -0.800. The predicted octanol–water partition coefficient (Wildman–Crippen LogP) is 2.30. The second-order valence-corrected chi connectivity index (χ2v) is 4.64. The van der Waals surface area contributed by atoms with E-state index in [1.165, 1.54) is 0 Å². The minimum absolute atomic E-state index is 0.0387. The zero-order chi connectivity index (χ0) is 12.7. The number of aliphatic carboxylic acids is 1. The van der Waals surface area contributed by atoms with Crippen molar-refractivity contribution in [2.75, 3.05) is 0 Å². The van der Waals surface area contributed by atoms with Gasteiger partial charge in [-0.3, -0.25) is 4.79 Å². The molecule has 0 aromatic rings. The van der Waals surface area contributed by atoms with Crippen molar-refractivity contribution in [2.24, 2.45) is 0 Å². The van der Waals surface area contributed by atoms with E-state index in [2.05, 4.69) is 5.32 Å². The normalized spacial score (nSPS) is 17.7. The van der Waals surface area contributed by atoms with Crippen molar-refractivity contribution in [1.29, 1.82) is 0 Å². The Morgan fingerprint density at radius 1 is 1.41 bits per heavy atom. The van der Waals surface area contributed by atoms with Crippen molar-refractivity contribution in [3.63, 3.8) is 0 Å². The van der Waals surface area contributed by atoms with Gasteiger partial charge in [-0.05, 0) is 45.4 Å². The molecule has 17 heavy (non-hydrogen) atoms. The van der Waals surface area contributed by atoms with E-state index < -0.39 is 5.97 Å². The third-order valence-corrected chi connectivity index (χ3v) is 2.97. The van der Waals surface area contributed by atoms with E-state index in [9.17, 15) is 9.59 Å². The molecule has 5 nitrogen and oxygen atoms in total. The molecule has 0 saturated heterocycles. The summed E-state index contributed by atoms with van der Waals surface area (Å²) in [6.07, 6.45) is 5.25. The molecular weight excluding hydrogens is 222 g/mol. The Morgan fingerprint density at radius 2 is 2.06 bits per heavy atom. The Labute approximate surface area is 102 Å². The van der Waals surface area contributed by atoms with Crippen LogP contribution < -0.4 is 5.32 Å². The van der Waals surface area contributed by atoms with E-state index in [0.29, 0.717) is 12.8 Å². The van der Waals surface area contributed by atoms with Crippen LogP contribution in [0.15, 0.2) is 0 Å². The van der Waals surface area contributed by atoms with E-state index in [-0.39, 0.29) is 24.7 Å². The molecule has 0 aromatic carbocycles. The lowest BCUT2D eigenvalue weighted by atomic mass is 10.1. The van der Waals surface area contributed by atoms with Crippen LogP contribution in [0.4, 0.5) is 4.79 Å². The third kappa shape index (κ3) is 6.14. The molecule has 1 unspecified atom stereocenters. The molecule has 0 aromatic heterocycles. The lowest BCUT2D eigenvalue weighted by molar-refractivity contribution is -0.137. The van der Waals surface area contributed by atoms with Crippen LogP contribution in [0.2, 0.25) is 0 Å². The Hall–Kier alpha value is -1.26. The maximum atomic E-state index is 11.5. The average molecular weight is 243 g/mol. The van der Waals surface area contributed by atoms with Crippen molar-refractivity contribution in [3.05, 3.63) is 0 Å². The Balaban J connectivity index is 2.09. The number of rotatable bonds is 6. The van der Waals surface area contributed by atoms with Gasteiger partial charge in [-0.25, -0.2) is 4.79 Å². The van der Waals surface area contributed by atoms with Crippen LogP contribution in [0.3, 0.4) is 0 Å². The van der Waals surface area contributed by atoms with Crippen LogP contribution in [0.5, 0.6) is 0 Å². The number of carboxylic acid groups (broad SMARTS) is 1. The first-order valence-corrected chi connectivity index (χ1v) is 6.27. The largest absolute Gasteiger partial charge is 0.481 e. The molecule has 1 rings (SSSR count). The summed E-state index contributed by atoms with van der Waals surface area (Å²) in [6.45, 7) is 1.86. The van der Waals surface area contributed by atoms with E-state index >= 15 is 0 Å². The molecule has 1 atom stereocenters. The number of hydrogen-bond donors (Lipinski definition) is 2. The zero-order valence-electron chi connectivity index (χ0n) is 10.3. The monoisotopic (exact) mass is 243 g/mol. The first-order chi connectivity index (χ1) is 8.08. The van der Waals surface area contributed by atoms with Crippen molar-refractivity contribution in [2.45, 2.75) is 64.0 Å². The summed E-state index contributed by atoms with van der Waals surface area (Å²) in [5.74, 6) is -0.800. The highest BCUT2D eigenvalue weighted by atomic mass is 16.6. The van der Waals surface area contributed by atoms with Gasteiger partial charge in [-0.15, -0.1) is 0 Å². The van der Waals surface area contributed by atoms with Gasteiger partial charge in [0.1, 0.15) is 6.10 Å². The maximum Gasteiger partial charge on any atom is 0.407 e. The smallest absolute Gasteiger partial charge is 0.407 e. The zero-order valence-corrected chi connectivity index (χ0v) is 10.3. The van der Waals surface area contributed by atoms with Gasteiger partial charge in [0.2, 0.25) is 0 Å². The van der Waals surface area contributed by atoms with Crippen molar-refractivity contribution in [3.8, 4) is 0 Å². The molecule has 0 aliphatic heterocycles. The number of carbonyl (C=O) groups is 2.